The standard InChI is InChI=1S/C16H12BrClN2O2S/c17-12-7-5-11(6-8-12)10-23-16-20-19-15(22-16)9-21-14-4-2-1-3-13(14)18/h1-8H,9-10H2. The summed E-state index contributed by atoms with van der Waals surface area (Å²) in [6.07, 6.45) is 0. The van der Waals surface area contributed by atoms with Crippen molar-refractivity contribution in [3.05, 3.63) is 69.5 Å². The topological polar surface area (TPSA) is 48.2 Å². The molecule has 0 saturated carbocycles. The van der Waals surface area contributed by atoms with Crippen LogP contribution in [0.3, 0.4) is 0 Å². The van der Waals surface area contributed by atoms with Crippen LogP contribution in [-0.2, 0) is 12.4 Å². The molecule has 118 valence electrons. The van der Waals surface area contributed by atoms with Gasteiger partial charge < -0.3 is 9.15 Å². The quantitative estimate of drug-likeness (QED) is 0.511. The molecule has 0 spiro atoms. The average Bonchev–Trinajstić information content (AvgIpc) is 3.02. The van der Waals surface area contributed by atoms with E-state index in [1.807, 2.05) is 24.3 Å². The molecule has 1 heterocycles. The number of para-hydroxylation sites is 1. The molecule has 0 aliphatic heterocycles. The molecular weight excluding hydrogens is 400 g/mol. The summed E-state index contributed by atoms with van der Waals surface area (Å²) in [5.74, 6) is 1.78. The maximum atomic E-state index is 6.03. The third kappa shape index (κ3) is 4.73. The van der Waals surface area contributed by atoms with E-state index in [9.17, 15) is 0 Å². The van der Waals surface area contributed by atoms with Gasteiger partial charge in [0.25, 0.3) is 11.1 Å². The number of aromatic nitrogens is 2. The van der Waals surface area contributed by atoms with Gasteiger partial charge in [0.2, 0.25) is 0 Å². The van der Waals surface area contributed by atoms with Crippen molar-refractivity contribution >= 4 is 39.3 Å². The van der Waals surface area contributed by atoms with E-state index in [2.05, 4.69) is 38.3 Å². The van der Waals surface area contributed by atoms with Gasteiger partial charge in [0.15, 0.2) is 6.61 Å². The third-order valence-electron chi connectivity index (χ3n) is 2.91. The molecule has 1 aromatic heterocycles. The van der Waals surface area contributed by atoms with Gasteiger partial charge in [0, 0.05) is 10.2 Å². The van der Waals surface area contributed by atoms with E-state index in [0.717, 1.165) is 10.2 Å². The van der Waals surface area contributed by atoms with Gasteiger partial charge >= 0.3 is 0 Å². The van der Waals surface area contributed by atoms with Crippen molar-refractivity contribution in [2.45, 2.75) is 17.6 Å². The van der Waals surface area contributed by atoms with E-state index >= 15 is 0 Å². The Balaban J connectivity index is 1.53. The molecule has 0 radical (unpaired) electrons. The molecule has 7 heteroatoms. The number of benzene rings is 2. The van der Waals surface area contributed by atoms with Crippen molar-refractivity contribution in [2.75, 3.05) is 0 Å². The van der Waals surface area contributed by atoms with Gasteiger partial charge in [-0.25, -0.2) is 0 Å². The lowest BCUT2D eigenvalue weighted by atomic mass is 10.2. The summed E-state index contributed by atoms with van der Waals surface area (Å²) in [5, 5.41) is 9.05. The van der Waals surface area contributed by atoms with Gasteiger partial charge in [-0.15, -0.1) is 10.2 Å². The number of rotatable bonds is 6. The Bertz CT molecular complexity index is 780. The first kappa shape index (κ1) is 16.4. The smallest absolute Gasteiger partial charge is 0.277 e. The van der Waals surface area contributed by atoms with Crippen LogP contribution in [0.1, 0.15) is 11.5 Å². The van der Waals surface area contributed by atoms with Crippen LogP contribution >= 0.6 is 39.3 Å². The second-order valence-corrected chi connectivity index (χ2v) is 6.85. The van der Waals surface area contributed by atoms with Crippen LogP contribution in [-0.4, -0.2) is 10.2 Å². The van der Waals surface area contributed by atoms with Crippen LogP contribution in [0, 0.1) is 0 Å². The van der Waals surface area contributed by atoms with Gasteiger partial charge in [-0.2, -0.15) is 0 Å². The van der Waals surface area contributed by atoms with Gasteiger partial charge in [-0.05, 0) is 29.8 Å². The zero-order valence-electron chi connectivity index (χ0n) is 11.9. The van der Waals surface area contributed by atoms with Crippen molar-refractivity contribution in [3.8, 4) is 5.75 Å². The van der Waals surface area contributed by atoms with Crippen LogP contribution in [0.2, 0.25) is 5.02 Å². The van der Waals surface area contributed by atoms with Crippen molar-refractivity contribution in [1.82, 2.24) is 10.2 Å². The number of halogens is 2. The molecule has 0 amide bonds. The van der Waals surface area contributed by atoms with Crippen LogP contribution in [0.5, 0.6) is 5.75 Å². The maximum Gasteiger partial charge on any atom is 0.277 e. The number of ether oxygens (including phenoxy) is 1. The first-order valence-electron chi connectivity index (χ1n) is 6.77. The molecule has 0 atom stereocenters. The highest BCUT2D eigenvalue weighted by atomic mass is 79.9. The monoisotopic (exact) mass is 410 g/mol. The molecule has 2 aromatic carbocycles. The highest BCUT2D eigenvalue weighted by molar-refractivity contribution is 9.10. The van der Waals surface area contributed by atoms with Crippen LogP contribution in [0.4, 0.5) is 0 Å². The highest BCUT2D eigenvalue weighted by Gasteiger charge is 2.09. The van der Waals surface area contributed by atoms with E-state index in [4.69, 9.17) is 20.8 Å². The van der Waals surface area contributed by atoms with Crippen LogP contribution < -0.4 is 4.74 Å². The summed E-state index contributed by atoms with van der Waals surface area (Å²) in [4.78, 5) is 0. The molecule has 0 saturated heterocycles. The second-order valence-electron chi connectivity index (χ2n) is 4.60. The normalized spacial score (nSPS) is 10.7. The number of nitrogens with zero attached hydrogens (tertiary/aromatic N) is 2. The summed E-state index contributed by atoms with van der Waals surface area (Å²) in [5.41, 5.74) is 1.19. The Morgan fingerprint density at radius 3 is 2.65 bits per heavy atom. The van der Waals surface area contributed by atoms with Gasteiger partial charge in [-0.1, -0.05) is 63.6 Å². The lowest BCUT2D eigenvalue weighted by Gasteiger charge is -2.04. The molecule has 0 aliphatic rings. The fraction of sp³-hybridized carbons (Fsp3) is 0.125. The average molecular weight is 412 g/mol. The molecule has 0 N–H and O–H groups in total. The molecule has 3 aromatic rings. The fourth-order valence-electron chi connectivity index (χ4n) is 1.78. The summed E-state index contributed by atoms with van der Waals surface area (Å²) in [6.45, 7) is 0.190. The highest BCUT2D eigenvalue weighted by Crippen LogP contribution is 2.25. The molecule has 0 bridgehead atoms. The molecular formula is C16H12BrClN2O2S. The predicted molar refractivity (Wildman–Crippen MR) is 93.8 cm³/mol. The Morgan fingerprint density at radius 1 is 1.09 bits per heavy atom. The van der Waals surface area contributed by atoms with Crippen molar-refractivity contribution in [1.29, 1.82) is 0 Å². The number of thioether (sulfide) groups is 1. The zero-order valence-corrected chi connectivity index (χ0v) is 15.1. The first-order chi connectivity index (χ1) is 11.2. The minimum Gasteiger partial charge on any atom is -0.482 e. The van der Waals surface area contributed by atoms with Gasteiger partial charge in [0.1, 0.15) is 5.75 Å². The SMILES string of the molecule is Clc1ccccc1OCc1nnc(SCc2ccc(Br)cc2)o1. The lowest BCUT2D eigenvalue weighted by Crippen LogP contribution is -1.95. The van der Waals surface area contributed by atoms with E-state index in [-0.39, 0.29) is 6.61 Å². The Hall–Kier alpha value is -1.50. The summed E-state index contributed by atoms with van der Waals surface area (Å²) in [6, 6.07) is 15.4. The Kier molecular flexibility index (Phi) is 5.59. The predicted octanol–water partition coefficient (Wildman–Crippen LogP) is 5.36. The number of hydrogen-bond donors (Lipinski definition) is 0. The van der Waals surface area contributed by atoms with E-state index in [1.165, 1.54) is 17.3 Å². The van der Waals surface area contributed by atoms with E-state index < -0.39 is 0 Å². The second kappa shape index (κ2) is 7.86. The van der Waals surface area contributed by atoms with Crippen LogP contribution in [0.25, 0.3) is 0 Å². The van der Waals surface area contributed by atoms with Crippen LogP contribution in [0.15, 0.2) is 62.6 Å². The van der Waals surface area contributed by atoms with E-state index in [1.54, 1.807) is 12.1 Å². The molecule has 3 rings (SSSR count). The maximum absolute atomic E-state index is 6.03. The lowest BCUT2D eigenvalue weighted by molar-refractivity contribution is 0.252. The summed E-state index contributed by atoms with van der Waals surface area (Å²) < 4.78 is 12.2. The minimum atomic E-state index is 0.190. The Morgan fingerprint density at radius 2 is 1.87 bits per heavy atom. The summed E-state index contributed by atoms with van der Waals surface area (Å²) >= 11 is 10.9. The Labute approximate surface area is 151 Å². The first-order valence-corrected chi connectivity index (χ1v) is 8.93. The van der Waals surface area contributed by atoms with Gasteiger partial charge in [-0.3, -0.25) is 0 Å². The van der Waals surface area contributed by atoms with Crippen molar-refractivity contribution < 1.29 is 9.15 Å². The minimum absolute atomic E-state index is 0.190. The summed E-state index contributed by atoms with van der Waals surface area (Å²) in [7, 11) is 0. The largest absolute Gasteiger partial charge is 0.482 e. The molecule has 4 nitrogen and oxygen atoms in total. The molecule has 0 fully saturated rings. The van der Waals surface area contributed by atoms with Gasteiger partial charge in [0.05, 0.1) is 5.02 Å². The zero-order chi connectivity index (χ0) is 16.1. The van der Waals surface area contributed by atoms with Crippen molar-refractivity contribution in [2.24, 2.45) is 0 Å². The van der Waals surface area contributed by atoms with E-state index in [0.29, 0.717) is 21.9 Å². The molecule has 23 heavy (non-hydrogen) atoms. The fourth-order valence-corrected chi connectivity index (χ4v) is 2.97. The number of hydrogen-bond acceptors (Lipinski definition) is 5. The van der Waals surface area contributed by atoms with Crippen molar-refractivity contribution in [3.63, 3.8) is 0 Å². The molecule has 0 unspecified atom stereocenters. The molecule has 0 aliphatic carbocycles. The third-order valence-corrected chi connectivity index (χ3v) is 4.64.